The van der Waals surface area contributed by atoms with Gasteiger partial charge in [-0.15, -0.1) is 0 Å². The summed E-state index contributed by atoms with van der Waals surface area (Å²) in [5.74, 6) is 0.703. The summed E-state index contributed by atoms with van der Waals surface area (Å²) in [6.07, 6.45) is 2.69. The summed E-state index contributed by atoms with van der Waals surface area (Å²) >= 11 is 0. The van der Waals surface area contributed by atoms with Gasteiger partial charge >= 0.3 is 6.18 Å². The van der Waals surface area contributed by atoms with E-state index in [1.54, 1.807) is 18.6 Å². The SMILES string of the molecule is FC(F)(F)c1ccc2c(-c3ccc4cncc(O[C@@H]5CCNC5)c4c3)cnn2c1. The van der Waals surface area contributed by atoms with E-state index in [0.29, 0.717) is 11.3 Å². The van der Waals surface area contributed by atoms with Crippen LogP contribution in [0.2, 0.25) is 0 Å². The quantitative estimate of drug-likeness (QED) is 0.559. The fourth-order valence-corrected chi connectivity index (χ4v) is 3.68. The van der Waals surface area contributed by atoms with Crippen LogP contribution >= 0.6 is 0 Å². The summed E-state index contributed by atoms with van der Waals surface area (Å²) in [6.45, 7) is 1.72. The van der Waals surface area contributed by atoms with Gasteiger partial charge in [0.25, 0.3) is 0 Å². The van der Waals surface area contributed by atoms with Gasteiger partial charge in [-0.1, -0.05) is 12.1 Å². The zero-order valence-electron chi connectivity index (χ0n) is 15.3. The van der Waals surface area contributed by atoms with E-state index < -0.39 is 11.7 Å². The molecular formula is C21H17F3N4O. The summed E-state index contributed by atoms with van der Waals surface area (Å²) in [5, 5.41) is 9.24. The zero-order valence-corrected chi connectivity index (χ0v) is 15.3. The molecule has 29 heavy (non-hydrogen) atoms. The highest BCUT2D eigenvalue weighted by Crippen LogP contribution is 2.34. The topological polar surface area (TPSA) is 51.5 Å². The van der Waals surface area contributed by atoms with Crippen molar-refractivity contribution < 1.29 is 17.9 Å². The number of ether oxygens (including phenoxy) is 1. The second-order valence-electron chi connectivity index (χ2n) is 7.11. The van der Waals surface area contributed by atoms with E-state index in [1.165, 1.54) is 10.6 Å². The van der Waals surface area contributed by atoms with Gasteiger partial charge in [0.2, 0.25) is 0 Å². The lowest BCUT2D eigenvalue weighted by molar-refractivity contribution is -0.137. The van der Waals surface area contributed by atoms with Crippen molar-refractivity contribution in [2.75, 3.05) is 13.1 Å². The van der Waals surface area contributed by atoms with E-state index in [4.69, 9.17) is 4.74 Å². The van der Waals surface area contributed by atoms with Crippen LogP contribution in [0, 0.1) is 0 Å². The molecule has 148 valence electrons. The summed E-state index contributed by atoms with van der Waals surface area (Å²) in [6, 6.07) is 8.35. The molecule has 0 spiro atoms. The van der Waals surface area contributed by atoms with Crippen LogP contribution in [0.3, 0.4) is 0 Å². The number of benzene rings is 1. The number of alkyl halides is 3. The van der Waals surface area contributed by atoms with Crippen LogP contribution in [0.4, 0.5) is 13.2 Å². The minimum absolute atomic E-state index is 0.101. The third-order valence-electron chi connectivity index (χ3n) is 5.19. The van der Waals surface area contributed by atoms with Gasteiger partial charge in [-0.05, 0) is 36.7 Å². The third kappa shape index (κ3) is 3.29. The van der Waals surface area contributed by atoms with Gasteiger partial charge in [0.15, 0.2) is 0 Å². The van der Waals surface area contributed by atoms with Crippen molar-refractivity contribution in [2.45, 2.75) is 18.7 Å². The maximum Gasteiger partial charge on any atom is 0.417 e. The van der Waals surface area contributed by atoms with Crippen LogP contribution in [0.1, 0.15) is 12.0 Å². The number of nitrogens with zero attached hydrogens (tertiary/aromatic N) is 3. The molecule has 5 nitrogen and oxygen atoms in total. The first-order valence-corrected chi connectivity index (χ1v) is 9.29. The average molecular weight is 398 g/mol. The Bertz CT molecular complexity index is 1200. The molecule has 0 aliphatic carbocycles. The molecule has 1 N–H and O–H groups in total. The zero-order chi connectivity index (χ0) is 20.0. The van der Waals surface area contributed by atoms with Gasteiger partial charge < -0.3 is 10.1 Å². The normalized spacial score (nSPS) is 17.3. The number of halogens is 3. The molecule has 0 bridgehead atoms. The van der Waals surface area contributed by atoms with E-state index in [-0.39, 0.29) is 6.10 Å². The third-order valence-corrected chi connectivity index (χ3v) is 5.19. The van der Waals surface area contributed by atoms with E-state index in [2.05, 4.69) is 15.4 Å². The minimum atomic E-state index is -4.41. The molecule has 1 aromatic carbocycles. The molecule has 5 rings (SSSR count). The molecule has 1 fully saturated rings. The molecule has 0 radical (unpaired) electrons. The highest BCUT2D eigenvalue weighted by molar-refractivity contribution is 5.93. The van der Waals surface area contributed by atoms with Gasteiger partial charge in [0.1, 0.15) is 11.9 Å². The van der Waals surface area contributed by atoms with Crippen LogP contribution in [-0.4, -0.2) is 33.8 Å². The lowest BCUT2D eigenvalue weighted by Crippen LogP contribution is -2.19. The van der Waals surface area contributed by atoms with E-state index in [0.717, 1.165) is 53.7 Å². The van der Waals surface area contributed by atoms with E-state index in [9.17, 15) is 13.2 Å². The highest BCUT2D eigenvalue weighted by atomic mass is 19.4. The molecule has 4 aromatic rings. The Labute approximate surface area is 164 Å². The molecule has 0 saturated carbocycles. The van der Waals surface area contributed by atoms with Crippen molar-refractivity contribution in [3.63, 3.8) is 0 Å². The fraction of sp³-hybridized carbons (Fsp3) is 0.238. The Balaban J connectivity index is 1.58. The molecule has 1 atom stereocenters. The molecular weight excluding hydrogens is 381 g/mol. The van der Waals surface area contributed by atoms with Crippen LogP contribution in [0.15, 0.2) is 55.1 Å². The van der Waals surface area contributed by atoms with Crippen molar-refractivity contribution in [1.29, 1.82) is 0 Å². The molecule has 1 aliphatic rings. The van der Waals surface area contributed by atoms with Gasteiger partial charge in [0.05, 0.1) is 23.5 Å². The summed E-state index contributed by atoms with van der Waals surface area (Å²) in [5.41, 5.74) is 1.48. The van der Waals surface area contributed by atoms with Crippen LogP contribution in [0.25, 0.3) is 27.4 Å². The monoisotopic (exact) mass is 398 g/mol. The first-order chi connectivity index (χ1) is 14.0. The van der Waals surface area contributed by atoms with Gasteiger partial charge in [-0.3, -0.25) is 4.98 Å². The predicted molar refractivity (Wildman–Crippen MR) is 103 cm³/mol. The van der Waals surface area contributed by atoms with Crippen molar-refractivity contribution in [3.8, 4) is 16.9 Å². The Morgan fingerprint density at radius 3 is 2.79 bits per heavy atom. The molecule has 0 amide bonds. The lowest BCUT2D eigenvalue weighted by atomic mass is 10.0. The Morgan fingerprint density at radius 1 is 1.10 bits per heavy atom. The molecule has 0 unspecified atom stereocenters. The van der Waals surface area contributed by atoms with Crippen molar-refractivity contribution in [3.05, 3.63) is 60.7 Å². The maximum absolute atomic E-state index is 13.0. The van der Waals surface area contributed by atoms with Crippen molar-refractivity contribution >= 4 is 16.3 Å². The Hall–Kier alpha value is -3.13. The number of rotatable bonds is 3. The minimum Gasteiger partial charge on any atom is -0.487 e. The smallest absolute Gasteiger partial charge is 0.417 e. The van der Waals surface area contributed by atoms with Crippen LogP contribution < -0.4 is 10.1 Å². The first-order valence-electron chi connectivity index (χ1n) is 9.29. The van der Waals surface area contributed by atoms with Gasteiger partial charge in [-0.2, -0.15) is 18.3 Å². The number of fused-ring (bicyclic) bond motifs is 2. The summed E-state index contributed by atoms with van der Waals surface area (Å²) < 4.78 is 46.3. The van der Waals surface area contributed by atoms with Gasteiger partial charge in [-0.25, -0.2) is 4.52 Å². The first kappa shape index (κ1) is 17.9. The fourth-order valence-electron chi connectivity index (χ4n) is 3.68. The van der Waals surface area contributed by atoms with Crippen molar-refractivity contribution in [1.82, 2.24) is 19.9 Å². The Morgan fingerprint density at radius 2 is 2.00 bits per heavy atom. The number of pyridine rings is 2. The van der Waals surface area contributed by atoms with E-state index in [1.807, 2.05) is 18.2 Å². The molecule has 1 aliphatic heterocycles. The number of hydrogen-bond acceptors (Lipinski definition) is 4. The molecule has 4 heterocycles. The van der Waals surface area contributed by atoms with E-state index >= 15 is 0 Å². The highest BCUT2D eigenvalue weighted by Gasteiger charge is 2.31. The van der Waals surface area contributed by atoms with Crippen LogP contribution in [-0.2, 0) is 6.18 Å². The lowest BCUT2D eigenvalue weighted by Gasteiger charge is -2.14. The molecule has 1 saturated heterocycles. The molecule has 8 heteroatoms. The van der Waals surface area contributed by atoms with Crippen LogP contribution in [0.5, 0.6) is 5.75 Å². The number of nitrogens with one attached hydrogen (secondary N) is 1. The predicted octanol–water partition coefficient (Wildman–Crippen LogP) is 4.31. The average Bonchev–Trinajstić information content (AvgIpc) is 3.36. The number of hydrogen-bond donors (Lipinski definition) is 1. The summed E-state index contributed by atoms with van der Waals surface area (Å²) in [4.78, 5) is 4.26. The van der Waals surface area contributed by atoms with Crippen molar-refractivity contribution in [2.24, 2.45) is 0 Å². The second kappa shape index (κ2) is 6.73. The largest absolute Gasteiger partial charge is 0.487 e. The van der Waals surface area contributed by atoms with Gasteiger partial charge in [0, 0.05) is 35.3 Å². The Kier molecular flexibility index (Phi) is 4.16. The molecule has 3 aromatic heterocycles. The summed E-state index contributed by atoms with van der Waals surface area (Å²) in [7, 11) is 0. The standard InChI is InChI=1S/C21H17F3N4O/c22-21(23,24)15-3-4-19-18(10-27-28(19)12-15)13-1-2-14-8-26-11-20(17(14)7-13)29-16-5-6-25-9-16/h1-4,7-8,10-12,16,25H,5-6,9H2/t16-/m1/s1. The number of aromatic nitrogens is 3. The maximum atomic E-state index is 13.0. The second-order valence-corrected chi connectivity index (χ2v) is 7.11.